The van der Waals surface area contributed by atoms with Crippen LogP contribution in [0.3, 0.4) is 0 Å². The fraction of sp³-hybridized carbons (Fsp3) is 0.889. The molecule has 8 nitrogen and oxygen atoms in total. The number of nitrogens with zero attached hydrogens (tertiary/aromatic N) is 1. The summed E-state index contributed by atoms with van der Waals surface area (Å²) >= 11 is 6.49. The molecule has 0 aromatic carbocycles. The normalized spacial score (nSPS) is 37.8. The zero-order chi connectivity index (χ0) is 20.8. The monoisotopic (exact) mass is 436 g/mol. The minimum Gasteiger partial charge on any atom is -0.380 e. The number of aliphatic imine (C=N–C) groups is 1. The van der Waals surface area contributed by atoms with Gasteiger partial charge >= 0.3 is 0 Å². The van der Waals surface area contributed by atoms with E-state index in [1.54, 1.807) is 0 Å². The summed E-state index contributed by atoms with van der Waals surface area (Å²) in [4.78, 5) is 17.1. The van der Waals surface area contributed by atoms with E-state index < -0.39 is 18.3 Å². The number of rotatable bonds is 6. The number of halogens is 3. The van der Waals surface area contributed by atoms with Gasteiger partial charge in [0.15, 0.2) is 5.96 Å². The van der Waals surface area contributed by atoms with E-state index in [0.717, 1.165) is 6.54 Å². The molecule has 3 aliphatic rings. The van der Waals surface area contributed by atoms with Crippen LogP contribution in [0, 0.1) is 11.8 Å². The molecule has 1 saturated carbocycles. The lowest BCUT2D eigenvalue weighted by Gasteiger charge is -2.33. The van der Waals surface area contributed by atoms with Crippen molar-refractivity contribution in [3.63, 3.8) is 0 Å². The molecule has 7 unspecified atom stereocenters. The Morgan fingerprint density at radius 1 is 1.24 bits per heavy atom. The van der Waals surface area contributed by atoms with E-state index in [1.165, 1.54) is 0 Å². The molecule has 0 spiro atoms. The van der Waals surface area contributed by atoms with Gasteiger partial charge in [0.25, 0.3) is 0 Å². The number of hydrogen-bond donors (Lipinski definition) is 5. The van der Waals surface area contributed by atoms with Crippen molar-refractivity contribution in [1.29, 1.82) is 0 Å². The third-order valence-electron chi connectivity index (χ3n) is 5.70. The van der Waals surface area contributed by atoms with Crippen LogP contribution in [-0.2, 0) is 9.53 Å². The first kappa shape index (κ1) is 22.6. The van der Waals surface area contributed by atoms with E-state index in [9.17, 15) is 13.6 Å². The molecule has 11 heteroatoms. The molecule has 0 bridgehead atoms. The highest BCUT2D eigenvalue weighted by molar-refractivity contribution is 6.21. The maximum absolute atomic E-state index is 13.7. The number of fused-ring (bicyclic) bond motifs is 1. The first-order valence-electron chi connectivity index (χ1n) is 10.3. The summed E-state index contributed by atoms with van der Waals surface area (Å²) in [7, 11) is 0. The number of alkyl halides is 3. The van der Waals surface area contributed by atoms with Gasteiger partial charge in [-0.25, -0.2) is 14.2 Å². The van der Waals surface area contributed by atoms with Crippen molar-refractivity contribution >= 4 is 23.5 Å². The van der Waals surface area contributed by atoms with Crippen LogP contribution in [0.15, 0.2) is 4.99 Å². The van der Waals surface area contributed by atoms with Gasteiger partial charge in [-0.3, -0.25) is 20.5 Å². The second-order valence-corrected chi connectivity index (χ2v) is 8.29. The summed E-state index contributed by atoms with van der Waals surface area (Å²) in [5.41, 5.74) is 6.37. The molecule has 3 fully saturated rings. The van der Waals surface area contributed by atoms with Crippen LogP contribution in [0.2, 0.25) is 0 Å². The van der Waals surface area contributed by atoms with Crippen LogP contribution in [0.4, 0.5) is 8.78 Å². The number of nitrogens with one attached hydrogen (secondary N) is 5. The van der Waals surface area contributed by atoms with Gasteiger partial charge < -0.3 is 15.4 Å². The van der Waals surface area contributed by atoms with Gasteiger partial charge in [-0.2, -0.15) is 0 Å². The Kier molecular flexibility index (Phi) is 8.43. The zero-order valence-corrected chi connectivity index (χ0v) is 17.4. The summed E-state index contributed by atoms with van der Waals surface area (Å²) in [5, 5.41) is 9.16. The fourth-order valence-corrected chi connectivity index (χ4v) is 4.52. The van der Waals surface area contributed by atoms with Crippen molar-refractivity contribution < 1.29 is 18.3 Å². The predicted octanol–water partition coefficient (Wildman–Crippen LogP) is 0.190. The number of carbonyl (C=O) groups excluding carboxylic acids is 1. The maximum Gasteiger partial charge on any atom is 0.229 e. The van der Waals surface area contributed by atoms with Gasteiger partial charge in [0.2, 0.25) is 5.91 Å². The Morgan fingerprint density at radius 2 is 2.07 bits per heavy atom. The lowest BCUT2D eigenvalue weighted by atomic mass is 9.86. The standard InChI is InChI=1S/C18H31ClF2N6O2/c1-2-29-6-5-23-18(25-17(28)10-3-4-12(20)13(21)7-10)24-16-15-11(19)8-22-9-14(15)26-27-16/h10-16,22,26-27H,2-9H2,1H3,(H2,23,24,25,28). The average molecular weight is 437 g/mol. The minimum atomic E-state index is -1.60. The number of carbonyl (C=O) groups is 1. The van der Waals surface area contributed by atoms with Crippen LogP contribution >= 0.6 is 11.6 Å². The quantitative estimate of drug-likeness (QED) is 0.176. The average Bonchev–Trinajstić information content (AvgIpc) is 3.11. The van der Waals surface area contributed by atoms with Crippen molar-refractivity contribution in [2.75, 3.05) is 32.8 Å². The molecule has 1 amide bonds. The Hall–Kier alpha value is -1.07. The SMILES string of the molecule is CCOCCN=C(NC(=O)C1CCC(F)C(F)C1)NC1NNC2CNCC(Cl)C21. The molecule has 166 valence electrons. The third-order valence-corrected chi connectivity index (χ3v) is 6.15. The number of guanidine groups is 1. The molecule has 1 aliphatic carbocycles. The third kappa shape index (κ3) is 5.97. The Labute approximate surface area is 174 Å². The molecule has 2 saturated heterocycles. The van der Waals surface area contributed by atoms with Gasteiger partial charge in [0, 0.05) is 37.6 Å². The number of amides is 1. The van der Waals surface area contributed by atoms with E-state index >= 15 is 0 Å². The highest BCUT2D eigenvalue weighted by atomic mass is 35.5. The van der Waals surface area contributed by atoms with E-state index in [-0.39, 0.29) is 48.2 Å². The van der Waals surface area contributed by atoms with Crippen molar-refractivity contribution in [3.05, 3.63) is 0 Å². The van der Waals surface area contributed by atoms with Gasteiger partial charge in [0.1, 0.15) is 12.3 Å². The molecule has 2 heterocycles. The summed E-state index contributed by atoms with van der Waals surface area (Å²) in [5.74, 6) is -0.547. The molecule has 2 aliphatic heterocycles. The smallest absolute Gasteiger partial charge is 0.229 e. The minimum absolute atomic E-state index is 0.0578. The van der Waals surface area contributed by atoms with E-state index in [0.29, 0.717) is 32.7 Å². The number of piperidine rings is 1. The molecule has 5 N–H and O–H groups in total. The first-order valence-corrected chi connectivity index (χ1v) is 10.8. The number of ether oxygens (including phenoxy) is 1. The van der Waals surface area contributed by atoms with Crippen molar-refractivity contribution in [3.8, 4) is 0 Å². The van der Waals surface area contributed by atoms with Gasteiger partial charge in [0.05, 0.1) is 24.7 Å². The summed E-state index contributed by atoms with van der Waals surface area (Å²) < 4.78 is 32.4. The van der Waals surface area contributed by atoms with Crippen LogP contribution in [0.25, 0.3) is 0 Å². The summed E-state index contributed by atoms with van der Waals surface area (Å²) in [6, 6.07) is 0.149. The molecule has 0 radical (unpaired) electrons. The Morgan fingerprint density at radius 3 is 2.83 bits per heavy atom. The van der Waals surface area contributed by atoms with Crippen LogP contribution in [0.1, 0.15) is 26.2 Å². The highest BCUT2D eigenvalue weighted by Crippen LogP contribution is 2.29. The highest BCUT2D eigenvalue weighted by Gasteiger charge is 2.43. The predicted molar refractivity (Wildman–Crippen MR) is 107 cm³/mol. The first-order chi connectivity index (χ1) is 14.0. The van der Waals surface area contributed by atoms with E-state index in [4.69, 9.17) is 16.3 Å². The molecule has 7 atom stereocenters. The van der Waals surface area contributed by atoms with Gasteiger partial charge in [-0.15, -0.1) is 11.6 Å². The molecule has 0 aromatic heterocycles. The second kappa shape index (κ2) is 10.8. The molecular weight excluding hydrogens is 406 g/mol. The van der Waals surface area contributed by atoms with Crippen molar-refractivity contribution in [2.45, 2.75) is 56.1 Å². The van der Waals surface area contributed by atoms with Gasteiger partial charge in [-0.1, -0.05) is 0 Å². The fourth-order valence-electron chi connectivity index (χ4n) is 4.09. The van der Waals surface area contributed by atoms with Crippen molar-refractivity contribution in [1.82, 2.24) is 26.8 Å². The molecule has 0 aromatic rings. The molecular formula is C18H31ClF2N6O2. The molecule has 3 rings (SSSR count). The van der Waals surface area contributed by atoms with E-state index in [1.807, 2.05) is 6.92 Å². The number of hydrazine groups is 1. The second-order valence-electron chi connectivity index (χ2n) is 7.73. The summed E-state index contributed by atoms with van der Waals surface area (Å²) in [6.07, 6.45) is -3.04. The Bertz CT molecular complexity index is 587. The lowest BCUT2D eigenvalue weighted by Crippen LogP contribution is -2.57. The van der Waals surface area contributed by atoms with Crippen LogP contribution < -0.4 is 26.8 Å². The van der Waals surface area contributed by atoms with Gasteiger partial charge in [-0.05, 0) is 26.2 Å². The number of hydrogen-bond acceptors (Lipinski definition) is 6. The zero-order valence-electron chi connectivity index (χ0n) is 16.6. The van der Waals surface area contributed by atoms with Crippen molar-refractivity contribution in [2.24, 2.45) is 16.8 Å². The van der Waals surface area contributed by atoms with E-state index in [2.05, 4.69) is 31.8 Å². The largest absolute Gasteiger partial charge is 0.380 e. The topological polar surface area (TPSA) is 98.8 Å². The maximum atomic E-state index is 13.7. The van der Waals surface area contributed by atoms with Crippen LogP contribution in [0.5, 0.6) is 0 Å². The lowest BCUT2D eigenvalue weighted by molar-refractivity contribution is -0.125. The molecule has 29 heavy (non-hydrogen) atoms. The Balaban J connectivity index is 1.62. The summed E-state index contributed by atoms with van der Waals surface area (Å²) in [6.45, 7) is 4.73. The van der Waals surface area contributed by atoms with Crippen LogP contribution in [-0.4, -0.2) is 74.6 Å².